The maximum Gasteiger partial charge on any atom is 0.230 e. The molecule has 1 amide bonds. The van der Waals surface area contributed by atoms with Crippen molar-refractivity contribution < 1.29 is 4.79 Å². The van der Waals surface area contributed by atoms with Gasteiger partial charge in [-0.15, -0.1) is 10.2 Å². The van der Waals surface area contributed by atoms with Crippen LogP contribution in [0.3, 0.4) is 0 Å². The Morgan fingerprint density at radius 1 is 1.04 bits per heavy atom. The summed E-state index contributed by atoms with van der Waals surface area (Å²) in [5, 5.41) is 13.6. The van der Waals surface area contributed by atoms with Crippen LogP contribution in [0.15, 0.2) is 53.7 Å². The highest BCUT2D eigenvalue weighted by atomic mass is 32.2. The Bertz CT molecular complexity index is 1170. The molecule has 6 heteroatoms. The van der Waals surface area contributed by atoms with Gasteiger partial charge in [-0.05, 0) is 49.6 Å². The first kappa shape index (κ1) is 18.5. The molecule has 4 rings (SSSR count). The number of hydrogen-bond donors (Lipinski definition) is 1. The van der Waals surface area contributed by atoms with E-state index >= 15 is 0 Å². The van der Waals surface area contributed by atoms with Gasteiger partial charge in [0.1, 0.15) is 0 Å². The van der Waals surface area contributed by atoms with E-state index in [1.165, 1.54) is 33.8 Å². The fourth-order valence-corrected chi connectivity index (χ4v) is 4.26. The first-order chi connectivity index (χ1) is 13.5. The fraction of sp³-hybridized carbons (Fsp3) is 0.227. The normalized spacial score (nSPS) is 11.2. The largest absolute Gasteiger partial charge is 0.351 e. The molecule has 2 heterocycles. The van der Waals surface area contributed by atoms with Crippen molar-refractivity contribution in [3.63, 3.8) is 0 Å². The molecular formula is C22H22N4OS. The predicted molar refractivity (Wildman–Crippen MR) is 114 cm³/mol. The van der Waals surface area contributed by atoms with Gasteiger partial charge in [0.15, 0.2) is 10.8 Å². The Balaban J connectivity index is 1.58. The molecule has 5 nitrogen and oxygen atoms in total. The summed E-state index contributed by atoms with van der Waals surface area (Å²) in [6, 6.07) is 16.3. The molecule has 0 aliphatic carbocycles. The molecular weight excluding hydrogens is 368 g/mol. The summed E-state index contributed by atoms with van der Waals surface area (Å²) >= 11 is 1.41. The number of nitrogens with zero attached hydrogens (tertiary/aromatic N) is 3. The molecule has 0 aliphatic rings. The highest BCUT2D eigenvalue weighted by Crippen LogP contribution is 2.29. The third-order valence-corrected chi connectivity index (χ3v) is 5.69. The van der Waals surface area contributed by atoms with Gasteiger partial charge < -0.3 is 5.32 Å². The zero-order valence-corrected chi connectivity index (χ0v) is 17.0. The van der Waals surface area contributed by atoms with Crippen LogP contribution in [0.4, 0.5) is 0 Å². The summed E-state index contributed by atoms with van der Waals surface area (Å²) in [5.74, 6) is 0.281. The van der Waals surface area contributed by atoms with Crippen molar-refractivity contribution >= 4 is 34.2 Å². The summed E-state index contributed by atoms with van der Waals surface area (Å²) in [6.07, 6.45) is 0. The molecule has 0 spiro atoms. The zero-order valence-electron chi connectivity index (χ0n) is 16.2. The van der Waals surface area contributed by atoms with Crippen LogP contribution in [0, 0.1) is 20.8 Å². The second-order valence-corrected chi connectivity index (χ2v) is 7.98. The van der Waals surface area contributed by atoms with Gasteiger partial charge in [0.25, 0.3) is 0 Å². The van der Waals surface area contributed by atoms with Crippen LogP contribution >= 0.6 is 11.8 Å². The van der Waals surface area contributed by atoms with Crippen molar-refractivity contribution in [2.75, 3.05) is 5.75 Å². The number of pyridine rings is 1. The number of aromatic nitrogens is 3. The molecule has 0 saturated heterocycles. The maximum absolute atomic E-state index is 12.3. The van der Waals surface area contributed by atoms with E-state index < -0.39 is 0 Å². The fourth-order valence-electron chi connectivity index (χ4n) is 3.48. The Morgan fingerprint density at radius 3 is 2.61 bits per heavy atom. The van der Waals surface area contributed by atoms with Crippen molar-refractivity contribution in [1.82, 2.24) is 19.9 Å². The molecule has 2 aromatic heterocycles. The lowest BCUT2D eigenvalue weighted by atomic mass is 10.0. The molecule has 0 unspecified atom stereocenters. The summed E-state index contributed by atoms with van der Waals surface area (Å²) < 4.78 is 2.06. The first-order valence-corrected chi connectivity index (χ1v) is 10.2. The second-order valence-electron chi connectivity index (χ2n) is 7.03. The molecule has 142 valence electrons. The van der Waals surface area contributed by atoms with E-state index in [0.717, 1.165) is 21.9 Å². The van der Waals surface area contributed by atoms with Crippen molar-refractivity contribution in [3.8, 4) is 0 Å². The molecule has 2 aromatic carbocycles. The Hall–Kier alpha value is -2.86. The summed E-state index contributed by atoms with van der Waals surface area (Å²) in [7, 11) is 0. The highest BCUT2D eigenvalue weighted by Gasteiger charge is 2.15. The summed E-state index contributed by atoms with van der Waals surface area (Å²) in [4.78, 5) is 12.3. The molecule has 4 aromatic rings. The van der Waals surface area contributed by atoms with Gasteiger partial charge in [-0.2, -0.15) is 0 Å². The average molecular weight is 391 g/mol. The maximum atomic E-state index is 12.3. The molecule has 28 heavy (non-hydrogen) atoms. The van der Waals surface area contributed by atoms with Crippen LogP contribution in [-0.4, -0.2) is 26.3 Å². The molecule has 0 radical (unpaired) electrons. The van der Waals surface area contributed by atoms with Crippen LogP contribution in [-0.2, 0) is 11.3 Å². The first-order valence-electron chi connectivity index (χ1n) is 9.22. The van der Waals surface area contributed by atoms with Crippen molar-refractivity contribution in [2.45, 2.75) is 32.5 Å². The van der Waals surface area contributed by atoms with Crippen molar-refractivity contribution in [2.24, 2.45) is 0 Å². The van der Waals surface area contributed by atoms with E-state index in [1.54, 1.807) is 0 Å². The van der Waals surface area contributed by atoms with E-state index in [4.69, 9.17) is 0 Å². The SMILES string of the molecule is Cc1cc(C)c2c(c1)c(C)cc1nnc(SCC(=O)NCc3ccccc3)n12. The molecule has 0 aliphatic heterocycles. The number of aryl methyl sites for hydroxylation is 3. The smallest absolute Gasteiger partial charge is 0.230 e. The van der Waals surface area contributed by atoms with Crippen LogP contribution in [0.2, 0.25) is 0 Å². The average Bonchev–Trinajstić information content (AvgIpc) is 3.08. The minimum atomic E-state index is -0.0189. The van der Waals surface area contributed by atoms with E-state index in [-0.39, 0.29) is 5.91 Å². The van der Waals surface area contributed by atoms with E-state index in [1.807, 2.05) is 36.4 Å². The standard InChI is InChI=1S/C22H22N4OS/c1-14-9-16(3)21-18(10-14)15(2)11-19-24-25-22(26(19)21)28-13-20(27)23-12-17-7-5-4-6-8-17/h4-11H,12-13H2,1-3H3,(H,23,27). The third-order valence-electron chi connectivity index (χ3n) is 4.76. The molecule has 0 atom stereocenters. The molecule has 0 saturated carbocycles. The van der Waals surface area contributed by atoms with Gasteiger partial charge in [-0.3, -0.25) is 9.20 Å². The van der Waals surface area contributed by atoms with Gasteiger partial charge in [-0.25, -0.2) is 0 Å². The molecule has 0 fully saturated rings. The molecule has 0 bridgehead atoms. The number of benzene rings is 2. The van der Waals surface area contributed by atoms with E-state index in [9.17, 15) is 4.79 Å². The minimum absolute atomic E-state index is 0.0189. The van der Waals surface area contributed by atoms with Gasteiger partial charge in [0.2, 0.25) is 5.91 Å². The number of rotatable bonds is 5. The van der Waals surface area contributed by atoms with Gasteiger partial charge in [-0.1, -0.05) is 53.7 Å². The van der Waals surface area contributed by atoms with Gasteiger partial charge in [0.05, 0.1) is 11.3 Å². The van der Waals surface area contributed by atoms with Crippen molar-refractivity contribution in [1.29, 1.82) is 0 Å². The monoisotopic (exact) mass is 390 g/mol. The number of carbonyl (C=O) groups excluding carboxylic acids is 1. The Morgan fingerprint density at radius 2 is 1.82 bits per heavy atom. The second kappa shape index (κ2) is 7.64. The third kappa shape index (κ3) is 3.60. The van der Waals surface area contributed by atoms with Crippen molar-refractivity contribution in [3.05, 3.63) is 70.8 Å². The lowest BCUT2D eigenvalue weighted by Gasteiger charge is -2.11. The Labute approximate surface area is 168 Å². The highest BCUT2D eigenvalue weighted by molar-refractivity contribution is 7.99. The number of hydrogen-bond acceptors (Lipinski definition) is 4. The summed E-state index contributed by atoms with van der Waals surface area (Å²) in [6.45, 7) is 6.84. The van der Waals surface area contributed by atoms with Crippen LogP contribution in [0.25, 0.3) is 16.6 Å². The lowest BCUT2D eigenvalue weighted by Crippen LogP contribution is -2.24. The van der Waals surface area contributed by atoms with E-state index in [2.05, 4.69) is 52.8 Å². The lowest BCUT2D eigenvalue weighted by molar-refractivity contribution is -0.118. The minimum Gasteiger partial charge on any atom is -0.351 e. The van der Waals surface area contributed by atoms with Gasteiger partial charge in [0, 0.05) is 11.9 Å². The quantitative estimate of drug-likeness (QED) is 0.519. The van der Waals surface area contributed by atoms with Crippen LogP contribution in [0.5, 0.6) is 0 Å². The van der Waals surface area contributed by atoms with E-state index in [0.29, 0.717) is 12.3 Å². The van der Waals surface area contributed by atoms with Crippen LogP contribution < -0.4 is 5.32 Å². The predicted octanol–water partition coefficient (Wildman–Crippen LogP) is 4.22. The van der Waals surface area contributed by atoms with Gasteiger partial charge >= 0.3 is 0 Å². The number of fused-ring (bicyclic) bond motifs is 3. The Kier molecular flexibility index (Phi) is 5.05. The topological polar surface area (TPSA) is 59.3 Å². The van der Waals surface area contributed by atoms with Crippen LogP contribution in [0.1, 0.15) is 22.3 Å². The number of amides is 1. The number of thioether (sulfide) groups is 1. The number of carbonyl (C=O) groups is 1. The zero-order chi connectivity index (χ0) is 19.7. The summed E-state index contributed by atoms with van der Waals surface area (Å²) in [5.41, 5.74) is 6.59. The molecule has 1 N–H and O–H groups in total. The number of nitrogens with one attached hydrogen (secondary N) is 1.